The van der Waals surface area contributed by atoms with E-state index in [0.717, 1.165) is 33.4 Å². The second kappa shape index (κ2) is 6.95. The third-order valence-electron chi connectivity index (χ3n) is 5.89. The SMILES string of the molecule is CC(OC1(c2ccc3c(c2)OOC3)c2ccccc2-c2ccccc21)[C@H](N)C(=O)O. The molecule has 1 heterocycles. The Labute approximate surface area is 173 Å². The molecule has 0 radical (unpaired) electrons. The van der Waals surface area contributed by atoms with Gasteiger partial charge >= 0.3 is 5.97 Å². The summed E-state index contributed by atoms with van der Waals surface area (Å²) < 4.78 is 6.62. The highest BCUT2D eigenvalue weighted by molar-refractivity contribution is 5.82. The minimum atomic E-state index is -1.17. The zero-order chi connectivity index (χ0) is 20.9. The maximum Gasteiger partial charge on any atom is 0.323 e. The number of fused-ring (bicyclic) bond motifs is 4. The molecule has 3 N–H and O–H groups in total. The van der Waals surface area contributed by atoms with Crippen molar-refractivity contribution in [1.29, 1.82) is 0 Å². The quantitative estimate of drug-likeness (QED) is 0.633. The zero-order valence-electron chi connectivity index (χ0n) is 16.4. The van der Waals surface area contributed by atoms with Crippen LogP contribution in [-0.4, -0.2) is 23.2 Å². The van der Waals surface area contributed by atoms with E-state index in [1.165, 1.54) is 0 Å². The van der Waals surface area contributed by atoms with E-state index in [9.17, 15) is 9.90 Å². The van der Waals surface area contributed by atoms with E-state index in [1.807, 2.05) is 66.7 Å². The second-order valence-corrected chi connectivity index (χ2v) is 7.63. The van der Waals surface area contributed by atoms with Gasteiger partial charge in [-0.3, -0.25) is 4.79 Å². The van der Waals surface area contributed by atoms with Gasteiger partial charge in [0.2, 0.25) is 0 Å². The number of carboxylic acid groups (broad SMARTS) is 1. The standard InChI is InChI=1S/C24H21NO5/c1-14(22(25)23(26)27)29-24(16-11-10-15-13-28-30-21(15)12-16)19-8-4-2-6-17(19)18-7-3-5-9-20(18)24/h2-12,14,22H,13,25H2,1H3,(H,26,27)/t14?,22-/m0/s1. The van der Waals surface area contributed by atoms with Crippen LogP contribution in [0, 0.1) is 0 Å². The molecule has 1 unspecified atom stereocenters. The Kier molecular flexibility index (Phi) is 4.36. The molecule has 2 atom stereocenters. The van der Waals surface area contributed by atoms with Gasteiger partial charge in [-0.05, 0) is 29.7 Å². The molecule has 0 aromatic heterocycles. The second-order valence-electron chi connectivity index (χ2n) is 7.63. The number of rotatable bonds is 5. The van der Waals surface area contributed by atoms with Crippen molar-refractivity contribution in [3.63, 3.8) is 0 Å². The van der Waals surface area contributed by atoms with Gasteiger partial charge in [0.05, 0.1) is 6.10 Å². The van der Waals surface area contributed by atoms with E-state index < -0.39 is 23.7 Å². The molecule has 0 saturated carbocycles. The predicted molar refractivity (Wildman–Crippen MR) is 110 cm³/mol. The summed E-state index contributed by atoms with van der Waals surface area (Å²) in [6, 6.07) is 20.7. The molecule has 0 fully saturated rings. The van der Waals surface area contributed by atoms with Crippen LogP contribution in [0.2, 0.25) is 0 Å². The molecule has 3 aromatic carbocycles. The predicted octanol–water partition coefficient (Wildman–Crippen LogP) is 3.60. The van der Waals surface area contributed by atoms with Crippen LogP contribution in [-0.2, 0) is 26.6 Å². The Morgan fingerprint density at radius 2 is 1.70 bits per heavy atom. The molecule has 6 heteroatoms. The molecular formula is C24H21NO5. The van der Waals surface area contributed by atoms with Crippen molar-refractivity contribution in [1.82, 2.24) is 0 Å². The molecule has 5 rings (SSSR count). The fourth-order valence-electron chi connectivity index (χ4n) is 4.38. The van der Waals surface area contributed by atoms with Gasteiger partial charge in [-0.2, -0.15) is 4.89 Å². The summed E-state index contributed by atoms with van der Waals surface area (Å²) in [4.78, 5) is 22.0. The van der Waals surface area contributed by atoms with Crippen molar-refractivity contribution < 1.29 is 24.4 Å². The topological polar surface area (TPSA) is 91.0 Å². The van der Waals surface area contributed by atoms with E-state index in [-0.39, 0.29) is 0 Å². The number of aliphatic carboxylic acids is 1. The minimum absolute atomic E-state index is 0.386. The molecular weight excluding hydrogens is 382 g/mol. The average Bonchev–Trinajstić information content (AvgIpc) is 3.34. The van der Waals surface area contributed by atoms with Crippen LogP contribution < -0.4 is 10.6 Å². The number of nitrogens with two attached hydrogens (primary N) is 1. The van der Waals surface area contributed by atoms with E-state index in [0.29, 0.717) is 12.4 Å². The Morgan fingerprint density at radius 3 is 2.33 bits per heavy atom. The van der Waals surface area contributed by atoms with Crippen molar-refractivity contribution in [2.45, 2.75) is 31.3 Å². The average molecular weight is 403 g/mol. The van der Waals surface area contributed by atoms with E-state index in [4.69, 9.17) is 20.2 Å². The van der Waals surface area contributed by atoms with Crippen LogP contribution in [0.15, 0.2) is 66.7 Å². The highest BCUT2D eigenvalue weighted by Crippen LogP contribution is 2.54. The van der Waals surface area contributed by atoms with E-state index >= 15 is 0 Å². The first kappa shape index (κ1) is 18.8. The third kappa shape index (κ3) is 2.65. The zero-order valence-corrected chi connectivity index (χ0v) is 16.4. The molecule has 0 spiro atoms. The smallest absolute Gasteiger partial charge is 0.323 e. The van der Waals surface area contributed by atoms with Gasteiger partial charge in [-0.15, -0.1) is 0 Å². The van der Waals surface area contributed by atoms with Crippen molar-refractivity contribution in [3.8, 4) is 16.9 Å². The summed E-state index contributed by atoms with van der Waals surface area (Å²) in [6.45, 7) is 2.08. The summed E-state index contributed by atoms with van der Waals surface area (Å²) in [7, 11) is 0. The number of benzene rings is 3. The lowest BCUT2D eigenvalue weighted by molar-refractivity contribution is -0.194. The summed E-state index contributed by atoms with van der Waals surface area (Å²) in [5.74, 6) is -0.476. The minimum Gasteiger partial charge on any atom is -0.480 e. The van der Waals surface area contributed by atoms with Gasteiger partial charge in [0.15, 0.2) is 5.75 Å². The van der Waals surface area contributed by atoms with Gasteiger partial charge in [-0.1, -0.05) is 60.7 Å². The number of carbonyl (C=O) groups is 1. The molecule has 3 aromatic rings. The molecule has 152 valence electrons. The Bertz CT molecular complexity index is 1100. The molecule has 0 amide bonds. The van der Waals surface area contributed by atoms with Crippen molar-refractivity contribution in [2.75, 3.05) is 0 Å². The molecule has 0 saturated heterocycles. The first-order valence-corrected chi connectivity index (χ1v) is 9.81. The first-order chi connectivity index (χ1) is 14.5. The molecule has 1 aliphatic heterocycles. The van der Waals surface area contributed by atoms with Crippen LogP contribution in [0.5, 0.6) is 5.75 Å². The highest BCUT2D eigenvalue weighted by Gasteiger charge is 2.48. The maximum atomic E-state index is 11.6. The monoisotopic (exact) mass is 403 g/mol. The number of ether oxygens (including phenoxy) is 1. The van der Waals surface area contributed by atoms with Gasteiger partial charge in [0, 0.05) is 16.7 Å². The van der Waals surface area contributed by atoms with Crippen molar-refractivity contribution in [3.05, 3.63) is 89.0 Å². The normalized spacial score (nSPS) is 17.4. The van der Waals surface area contributed by atoms with Crippen LogP contribution in [0.4, 0.5) is 0 Å². The highest BCUT2D eigenvalue weighted by atomic mass is 17.2. The van der Waals surface area contributed by atoms with Gasteiger partial charge in [0.25, 0.3) is 0 Å². The Hall–Kier alpha value is -3.19. The fraction of sp³-hybridized carbons (Fsp3) is 0.208. The van der Waals surface area contributed by atoms with Gasteiger partial charge < -0.3 is 20.5 Å². The van der Waals surface area contributed by atoms with Crippen LogP contribution in [0.25, 0.3) is 11.1 Å². The Morgan fingerprint density at radius 1 is 1.07 bits per heavy atom. The molecule has 0 bridgehead atoms. The van der Waals surface area contributed by atoms with Crippen LogP contribution in [0.3, 0.4) is 0 Å². The van der Waals surface area contributed by atoms with Crippen molar-refractivity contribution in [2.24, 2.45) is 5.73 Å². The summed E-state index contributed by atoms with van der Waals surface area (Å²) in [5, 5.41) is 9.46. The largest absolute Gasteiger partial charge is 0.480 e. The van der Waals surface area contributed by atoms with Gasteiger partial charge in [0.1, 0.15) is 18.2 Å². The molecule has 2 aliphatic rings. The number of hydrogen-bond acceptors (Lipinski definition) is 5. The molecule has 1 aliphatic carbocycles. The van der Waals surface area contributed by atoms with Gasteiger partial charge in [-0.25, -0.2) is 0 Å². The maximum absolute atomic E-state index is 11.6. The van der Waals surface area contributed by atoms with E-state index in [1.54, 1.807) is 6.92 Å². The van der Waals surface area contributed by atoms with E-state index in [2.05, 4.69) is 0 Å². The number of carboxylic acids is 1. The summed E-state index contributed by atoms with van der Waals surface area (Å²) in [5.41, 5.74) is 10.6. The first-order valence-electron chi connectivity index (χ1n) is 9.81. The van der Waals surface area contributed by atoms with Crippen molar-refractivity contribution >= 4 is 5.97 Å². The van der Waals surface area contributed by atoms with Crippen LogP contribution in [0.1, 0.15) is 29.2 Å². The lowest BCUT2D eigenvalue weighted by Crippen LogP contribution is -2.46. The lowest BCUT2D eigenvalue weighted by atomic mass is 9.83. The third-order valence-corrected chi connectivity index (χ3v) is 5.89. The number of hydrogen-bond donors (Lipinski definition) is 2. The molecule has 6 nitrogen and oxygen atoms in total. The van der Waals surface area contributed by atoms with Crippen LogP contribution >= 0.6 is 0 Å². The summed E-state index contributed by atoms with van der Waals surface area (Å²) >= 11 is 0. The fourth-order valence-corrected chi connectivity index (χ4v) is 4.38. The Balaban J connectivity index is 1.77. The lowest BCUT2D eigenvalue weighted by Gasteiger charge is -2.36. The summed E-state index contributed by atoms with van der Waals surface area (Å²) in [6.07, 6.45) is -0.757. The molecule has 30 heavy (non-hydrogen) atoms.